The first kappa shape index (κ1) is 14.5. The summed E-state index contributed by atoms with van der Waals surface area (Å²) in [6.45, 7) is 1.62. The van der Waals surface area contributed by atoms with Crippen LogP contribution in [0, 0.1) is 5.92 Å². The first-order valence-corrected chi connectivity index (χ1v) is 8.51. The van der Waals surface area contributed by atoms with Gasteiger partial charge >= 0.3 is 0 Å². The number of hydrogen-bond donors (Lipinski definition) is 1. The molecule has 1 amide bonds. The molecule has 5 nitrogen and oxygen atoms in total. The van der Waals surface area contributed by atoms with Crippen molar-refractivity contribution in [1.82, 2.24) is 5.32 Å². The van der Waals surface area contributed by atoms with E-state index in [9.17, 15) is 4.79 Å². The largest absolute Gasteiger partial charge is 0.493 e. The number of rotatable bonds is 4. The average molecular weight is 313 g/mol. The van der Waals surface area contributed by atoms with Crippen molar-refractivity contribution >= 4 is 17.9 Å². The summed E-state index contributed by atoms with van der Waals surface area (Å²) < 4.78 is 5.82. The van der Waals surface area contributed by atoms with Crippen molar-refractivity contribution in [2.75, 3.05) is 25.1 Å². The number of aliphatic imine (C=N–C) groups is 1. The molecule has 2 heterocycles. The fraction of sp³-hybridized carbons (Fsp3) is 0.556. The molecule has 122 valence electrons. The van der Waals surface area contributed by atoms with Crippen molar-refractivity contribution in [3.63, 3.8) is 0 Å². The van der Waals surface area contributed by atoms with Gasteiger partial charge < -0.3 is 15.0 Å². The van der Waals surface area contributed by atoms with Gasteiger partial charge in [0.15, 0.2) is 0 Å². The van der Waals surface area contributed by atoms with Gasteiger partial charge in [-0.05, 0) is 55.4 Å². The van der Waals surface area contributed by atoms with Crippen molar-refractivity contribution in [3.8, 4) is 5.75 Å². The predicted octanol–water partition coefficient (Wildman–Crippen LogP) is 2.32. The SMILES string of the molecule is CN(C(=O)C1CC1)c1ccc2c(c1)C(CC1CN=CN1)CCO2. The molecule has 4 rings (SSSR count). The van der Waals surface area contributed by atoms with Crippen LogP contribution < -0.4 is 15.0 Å². The quantitative estimate of drug-likeness (QED) is 0.928. The van der Waals surface area contributed by atoms with Crippen LogP contribution in [0.3, 0.4) is 0 Å². The van der Waals surface area contributed by atoms with Gasteiger partial charge in [0.1, 0.15) is 5.75 Å². The zero-order valence-electron chi connectivity index (χ0n) is 13.5. The molecule has 0 spiro atoms. The van der Waals surface area contributed by atoms with Gasteiger partial charge in [0, 0.05) is 24.7 Å². The number of carbonyl (C=O) groups excluding carboxylic acids is 1. The maximum absolute atomic E-state index is 12.3. The Kier molecular flexibility index (Phi) is 3.71. The fourth-order valence-electron chi connectivity index (χ4n) is 3.51. The second kappa shape index (κ2) is 5.87. The van der Waals surface area contributed by atoms with Crippen LogP contribution in [0.2, 0.25) is 0 Å². The molecule has 2 unspecified atom stereocenters. The molecule has 2 atom stereocenters. The fourth-order valence-corrected chi connectivity index (χ4v) is 3.51. The first-order valence-electron chi connectivity index (χ1n) is 8.51. The van der Waals surface area contributed by atoms with E-state index >= 15 is 0 Å². The standard InChI is InChI=1S/C18H23N3O2/c1-21(18(22)12-2-3-12)15-4-5-17-16(9-15)13(6-7-23-17)8-14-10-19-11-20-14/h4-5,9,11-14H,2-3,6-8,10H2,1H3,(H,19,20). The third kappa shape index (κ3) is 2.92. The van der Waals surface area contributed by atoms with E-state index in [0.717, 1.165) is 50.3 Å². The third-order valence-electron chi connectivity index (χ3n) is 5.10. The third-order valence-corrected chi connectivity index (χ3v) is 5.10. The first-order chi connectivity index (χ1) is 11.2. The van der Waals surface area contributed by atoms with Gasteiger partial charge in [0.05, 0.1) is 19.5 Å². The van der Waals surface area contributed by atoms with Crippen LogP contribution in [0.4, 0.5) is 5.69 Å². The molecule has 1 saturated carbocycles. The maximum Gasteiger partial charge on any atom is 0.229 e. The van der Waals surface area contributed by atoms with E-state index in [1.54, 1.807) is 4.90 Å². The van der Waals surface area contributed by atoms with Crippen LogP contribution in [0.25, 0.3) is 0 Å². The number of fused-ring (bicyclic) bond motifs is 1. The topological polar surface area (TPSA) is 53.9 Å². The molecule has 1 aromatic rings. The van der Waals surface area contributed by atoms with Crippen LogP contribution in [0.5, 0.6) is 5.75 Å². The Hall–Kier alpha value is -2.04. The Morgan fingerprint density at radius 2 is 2.26 bits per heavy atom. The van der Waals surface area contributed by atoms with Crippen LogP contribution in [0.1, 0.15) is 37.2 Å². The van der Waals surface area contributed by atoms with Gasteiger partial charge in [-0.2, -0.15) is 0 Å². The highest BCUT2D eigenvalue weighted by Crippen LogP contribution is 2.40. The van der Waals surface area contributed by atoms with E-state index in [1.165, 1.54) is 5.56 Å². The molecule has 1 aromatic carbocycles. The highest BCUT2D eigenvalue weighted by atomic mass is 16.5. The summed E-state index contributed by atoms with van der Waals surface area (Å²) in [4.78, 5) is 18.4. The lowest BCUT2D eigenvalue weighted by Crippen LogP contribution is -2.30. The zero-order chi connectivity index (χ0) is 15.8. The van der Waals surface area contributed by atoms with Crippen LogP contribution in [-0.2, 0) is 4.79 Å². The van der Waals surface area contributed by atoms with Crippen LogP contribution >= 0.6 is 0 Å². The second-order valence-corrected chi connectivity index (χ2v) is 6.82. The summed E-state index contributed by atoms with van der Waals surface area (Å²) in [6.07, 6.45) is 5.96. The lowest BCUT2D eigenvalue weighted by atomic mass is 9.87. The summed E-state index contributed by atoms with van der Waals surface area (Å²) in [5.41, 5.74) is 2.21. The van der Waals surface area contributed by atoms with Gasteiger partial charge in [0.2, 0.25) is 5.91 Å². The van der Waals surface area contributed by atoms with Crippen molar-refractivity contribution in [1.29, 1.82) is 0 Å². The summed E-state index contributed by atoms with van der Waals surface area (Å²) >= 11 is 0. The van der Waals surface area contributed by atoms with Gasteiger partial charge in [0.25, 0.3) is 0 Å². The van der Waals surface area contributed by atoms with E-state index in [-0.39, 0.29) is 11.8 Å². The molecule has 1 N–H and O–H groups in total. The Morgan fingerprint density at radius 3 is 3.00 bits per heavy atom. The lowest BCUT2D eigenvalue weighted by Gasteiger charge is -2.29. The molecule has 0 aromatic heterocycles. The number of amides is 1. The van der Waals surface area contributed by atoms with Gasteiger partial charge in [-0.15, -0.1) is 0 Å². The van der Waals surface area contributed by atoms with E-state index < -0.39 is 0 Å². The lowest BCUT2D eigenvalue weighted by molar-refractivity contribution is -0.119. The van der Waals surface area contributed by atoms with Gasteiger partial charge in [-0.25, -0.2) is 0 Å². The minimum absolute atomic E-state index is 0.239. The van der Waals surface area contributed by atoms with E-state index in [4.69, 9.17) is 4.74 Å². The molecule has 1 fully saturated rings. The molecule has 0 bridgehead atoms. The molecule has 23 heavy (non-hydrogen) atoms. The zero-order valence-corrected chi connectivity index (χ0v) is 13.5. The molecule has 0 radical (unpaired) electrons. The summed E-state index contributed by atoms with van der Waals surface area (Å²) in [6, 6.07) is 6.58. The molecule has 2 aliphatic heterocycles. The smallest absolute Gasteiger partial charge is 0.229 e. The van der Waals surface area contributed by atoms with Crippen molar-refractivity contribution in [2.24, 2.45) is 10.9 Å². The maximum atomic E-state index is 12.3. The molecule has 5 heteroatoms. The Labute approximate surface area is 136 Å². The van der Waals surface area contributed by atoms with E-state index in [0.29, 0.717) is 12.0 Å². The number of anilines is 1. The van der Waals surface area contributed by atoms with E-state index in [1.807, 2.05) is 25.5 Å². The van der Waals surface area contributed by atoms with E-state index in [2.05, 4.69) is 16.4 Å². The van der Waals surface area contributed by atoms with Crippen molar-refractivity contribution < 1.29 is 9.53 Å². The molecule has 3 aliphatic rings. The van der Waals surface area contributed by atoms with Crippen molar-refractivity contribution in [3.05, 3.63) is 23.8 Å². The number of hydrogen-bond acceptors (Lipinski definition) is 4. The monoisotopic (exact) mass is 313 g/mol. The molecule has 0 saturated heterocycles. The van der Waals surface area contributed by atoms with Crippen molar-refractivity contribution in [2.45, 2.75) is 37.6 Å². The minimum Gasteiger partial charge on any atom is -0.493 e. The minimum atomic E-state index is 0.239. The Bertz CT molecular complexity index is 631. The normalized spacial score (nSPS) is 25.4. The predicted molar refractivity (Wildman–Crippen MR) is 90.3 cm³/mol. The molecular formula is C18H23N3O2. The molecule has 1 aliphatic carbocycles. The summed E-state index contributed by atoms with van der Waals surface area (Å²) in [7, 11) is 1.88. The number of benzene rings is 1. The number of ether oxygens (including phenoxy) is 1. The number of carbonyl (C=O) groups is 1. The van der Waals surface area contributed by atoms with Gasteiger partial charge in [-0.1, -0.05) is 0 Å². The van der Waals surface area contributed by atoms with Gasteiger partial charge in [-0.3, -0.25) is 9.79 Å². The second-order valence-electron chi connectivity index (χ2n) is 6.82. The Morgan fingerprint density at radius 1 is 1.39 bits per heavy atom. The Balaban J connectivity index is 1.56. The number of nitrogens with zero attached hydrogens (tertiary/aromatic N) is 2. The highest BCUT2D eigenvalue weighted by molar-refractivity contribution is 5.96. The summed E-state index contributed by atoms with van der Waals surface area (Å²) in [5, 5.41) is 3.32. The average Bonchev–Trinajstić information content (AvgIpc) is 3.31. The summed E-state index contributed by atoms with van der Waals surface area (Å²) in [5.74, 6) is 1.91. The highest BCUT2D eigenvalue weighted by Gasteiger charge is 2.33. The molecular weight excluding hydrogens is 290 g/mol. The van der Waals surface area contributed by atoms with Crippen LogP contribution in [-0.4, -0.2) is 38.5 Å². The number of nitrogens with one attached hydrogen (secondary N) is 1. The van der Waals surface area contributed by atoms with Crippen LogP contribution in [0.15, 0.2) is 23.2 Å².